The van der Waals surface area contributed by atoms with Crippen molar-refractivity contribution in [3.8, 4) is 5.88 Å². The Morgan fingerprint density at radius 3 is 2.75 bits per heavy atom. The molecular weight excluding hydrogens is 284 g/mol. The molecule has 0 spiro atoms. The summed E-state index contributed by atoms with van der Waals surface area (Å²) in [5.41, 5.74) is 0.0806. The van der Waals surface area contributed by atoms with Crippen LogP contribution in [0.2, 0.25) is 0 Å². The first-order chi connectivity index (χ1) is 9.39. The van der Waals surface area contributed by atoms with Gasteiger partial charge in [-0.2, -0.15) is 0 Å². The van der Waals surface area contributed by atoms with Crippen molar-refractivity contribution < 1.29 is 23.4 Å². The van der Waals surface area contributed by atoms with E-state index in [0.29, 0.717) is 6.42 Å². The number of nitrogens with zero attached hydrogens (tertiary/aromatic N) is 2. The van der Waals surface area contributed by atoms with Gasteiger partial charge in [-0.25, -0.2) is 18.2 Å². The first-order valence-electron chi connectivity index (χ1n) is 6.03. The lowest BCUT2D eigenvalue weighted by Crippen LogP contribution is -2.07. The smallest absolute Gasteiger partial charge is 0.356 e. The van der Waals surface area contributed by atoms with Gasteiger partial charge in [0.1, 0.15) is 5.82 Å². The molecule has 0 radical (unpaired) electrons. The molecule has 3 rings (SSSR count). The number of imidazole rings is 1. The minimum atomic E-state index is -3.12. The third-order valence-electron chi connectivity index (χ3n) is 3.47. The Labute approximate surface area is 114 Å². The number of aromatic hydroxyl groups is 1. The highest BCUT2D eigenvalue weighted by Gasteiger charge is 2.33. The van der Waals surface area contributed by atoms with Gasteiger partial charge in [0.2, 0.25) is 0 Å². The Bertz CT molecular complexity index is 809. The fourth-order valence-electron chi connectivity index (χ4n) is 2.58. The lowest BCUT2D eigenvalue weighted by atomic mass is 10.1. The van der Waals surface area contributed by atoms with E-state index in [4.69, 9.17) is 5.11 Å². The molecule has 1 unspecified atom stereocenters. The highest BCUT2D eigenvalue weighted by Crippen LogP contribution is 2.31. The van der Waals surface area contributed by atoms with Gasteiger partial charge in [0.25, 0.3) is 0 Å². The second kappa shape index (κ2) is 4.20. The summed E-state index contributed by atoms with van der Waals surface area (Å²) in [4.78, 5) is 15.2. The summed E-state index contributed by atoms with van der Waals surface area (Å²) in [7, 11) is -3.12. The fourth-order valence-corrected chi connectivity index (χ4v) is 4.31. The Hall–Kier alpha value is -2.09. The molecule has 1 saturated heterocycles. The van der Waals surface area contributed by atoms with Crippen LogP contribution in [0.1, 0.15) is 28.7 Å². The van der Waals surface area contributed by atoms with Crippen LogP contribution in [-0.4, -0.2) is 45.5 Å². The monoisotopic (exact) mass is 296 g/mol. The summed E-state index contributed by atoms with van der Waals surface area (Å²) in [6.07, 6.45) is 0.384. The number of carbonyl (C=O) groups is 1. The van der Waals surface area contributed by atoms with Gasteiger partial charge in [0, 0.05) is 5.92 Å². The van der Waals surface area contributed by atoms with Gasteiger partial charge in [0.05, 0.1) is 17.0 Å². The maximum atomic E-state index is 11.6. The number of aromatic nitrogens is 2. The van der Waals surface area contributed by atoms with Gasteiger partial charge >= 0.3 is 5.97 Å². The van der Waals surface area contributed by atoms with Crippen LogP contribution in [0.25, 0.3) is 5.52 Å². The zero-order chi connectivity index (χ0) is 14.5. The number of sulfone groups is 1. The van der Waals surface area contributed by atoms with Crippen LogP contribution >= 0.6 is 0 Å². The Balaban J connectivity index is 2.23. The Morgan fingerprint density at radius 2 is 2.15 bits per heavy atom. The van der Waals surface area contributed by atoms with Crippen molar-refractivity contribution in [2.45, 2.75) is 12.3 Å². The second-order valence-electron chi connectivity index (χ2n) is 4.83. The van der Waals surface area contributed by atoms with Crippen molar-refractivity contribution in [3.63, 3.8) is 0 Å². The minimum absolute atomic E-state index is 0.0581. The van der Waals surface area contributed by atoms with Gasteiger partial charge in [-0.15, -0.1) is 0 Å². The lowest BCUT2D eigenvalue weighted by molar-refractivity contribution is 0.0693. The van der Waals surface area contributed by atoms with Crippen LogP contribution in [0.3, 0.4) is 0 Å². The van der Waals surface area contributed by atoms with Gasteiger partial charge in [-0.1, -0.05) is 6.07 Å². The number of pyridine rings is 1. The van der Waals surface area contributed by atoms with Gasteiger partial charge in [-0.3, -0.25) is 4.40 Å². The van der Waals surface area contributed by atoms with Crippen molar-refractivity contribution in [2.75, 3.05) is 11.5 Å². The molecule has 2 aromatic rings. The van der Waals surface area contributed by atoms with Gasteiger partial charge in [0.15, 0.2) is 21.4 Å². The molecule has 0 saturated carbocycles. The third-order valence-corrected chi connectivity index (χ3v) is 5.24. The predicted molar refractivity (Wildman–Crippen MR) is 69.8 cm³/mol. The normalized spacial score (nSPS) is 21.3. The number of carboxylic acids is 1. The molecule has 0 bridgehead atoms. The molecule has 8 heteroatoms. The summed E-state index contributed by atoms with van der Waals surface area (Å²) in [5, 5.41) is 19.1. The molecule has 2 N–H and O–H groups in total. The van der Waals surface area contributed by atoms with Crippen LogP contribution in [-0.2, 0) is 9.84 Å². The van der Waals surface area contributed by atoms with Crippen molar-refractivity contribution in [2.24, 2.45) is 0 Å². The first kappa shape index (κ1) is 12.9. The molecule has 106 valence electrons. The minimum Gasteiger partial charge on any atom is -0.494 e. The summed E-state index contributed by atoms with van der Waals surface area (Å²) in [6, 6.07) is 4.46. The number of aromatic carboxylic acids is 1. The number of hydrogen-bond donors (Lipinski definition) is 2. The molecule has 3 heterocycles. The molecule has 0 aliphatic carbocycles. The summed E-state index contributed by atoms with van der Waals surface area (Å²) >= 11 is 0. The molecule has 1 aliphatic rings. The molecule has 20 heavy (non-hydrogen) atoms. The Morgan fingerprint density at radius 1 is 1.40 bits per heavy atom. The van der Waals surface area contributed by atoms with Crippen molar-refractivity contribution in [1.82, 2.24) is 9.38 Å². The van der Waals surface area contributed by atoms with E-state index in [9.17, 15) is 18.3 Å². The second-order valence-corrected chi connectivity index (χ2v) is 7.06. The summed E-state index contributed by atoms with van der Waals surface area (Å²) < 4.78 is 24.4. The quantitative estimate of drug-likeness (QED) is 0.841. The van der Waals surface area contributed by atoms with Crippen molar-refractivity contribution in [1.29, 1.82) is 0 Å². The number of hydrogen-bond acceptors (Lipinski definition) is 5. The largest absolute Gasteiger partial charge is 0.494 e. The van der Waals surface area contributed by atoms with E-state index >= 15 is 0 Å². The zero-order valence-corrected chi connectivity index (χ0v) is 11.2. The molecule has 7 nitrogen and oxygen atoms in total. The lowest BCUT2D eigenvalue weighted by Gasteiger charge is -2.07. The van der Waals surface area contributed by atoms with E-state index in [1.165, 1.54) is 22.6 Å². The van der Waals surface area contributed by atoms with Crippen LogP contribution in [0.15, 0.2) is 18.2 Å². The van der Waals surface area contributed by atoms with Crippen LogP contribution in [0.5, 0.6) is 5.88 Å². The summed E-state index contributed by atoms with van der Waals surface area (Å²) in [6.45, 7) is 0. The van der Waals surface area contributed by atoms with Crippen LogP contribution in [0, 0.1) is 0 Å². The molecule has 0 amide bonds. The predicted octanol–water partition coefficient (Wildman–Crippen LogP) is 0.640. The number of carboxylic acid groups (broad SMARTS) is 1. The van der Waals surface area contributed by atoms with Gasteiger partial charge < -0.3 is 10.2 Å². The topological polar surface area (TPSA) is 109 Å². The van der Waals surface area contributed by atoms with E-state index in [1.807, 2.05) is 0 Å². The van der Waals surface area contributed by atoms with E-state index in [0.717, 1.165) is 0 Å². The molecule has 2 aromatic heterocycles. The zero-order valence-electron chi connectivity index (χ0n) is 10.4. The maximum Gasteiger partial charge on any atom is 0.356 e. The average molecular weight is 296 g/mol. The average Bonchev–Trinajstić information content (AvgIpc) is 2.90. The number of fused-ring (bicyclic) bond motifs is 1. The van der Waals surface area contributed by atoms with Crippen LogP contribution < -0.4 is 0 Å². The molecule has 1 fully saturated rings. The van der Waals surface area contributed by atoms with E-state index in [-0.39, 0.29) is 34.4 Å². The summed E-state index contributed by atoms with van der Waals surface area (Å²) in [5.74, 6) is -1.48. The van der Waals surface area contributed by atoms with Crippen molar-refractivity contribution >= 4 is 21.3 Å². The molecule has 0 aromatic carbocycles. The third kappa shape index (κ3) is 1.92. The van der Waals surface area contributed by atoms with Crippen molar-refractivity contribution in [3.05, 3.63) is 29.7 Å². The molecule has 1 aliphatic heterocycles. The van der Waals surface area contributed by atoms with E-state index in [2.05, 4.69) is 4.98 Å². The maximum absolute atomic E-state index is 11.6. The highest BCUT2D eigenvalue weighted by molar-refractivity contribution is 7.91. The van der Waals surface area contributed by atoms with Crippen LogP contribution in [0.4, 0.5) is 0 Å². The molecular formula is C12H12N2O5S. The van der Waals surface area contributed by atoms with E-state index < -0.39 is 21.7 Å². The SMILES string of the molecule is O=C(O)c1nc(C2CCS(=O)(=O)C2)n2c(O)cccc12. The Kier molecular flexibility index (Phi) is 2.72. The highest BCUT2D eigenvalue weighted by atomic mass is 32.2. The van der Waals surface area contributed by atoms with Gasteiger partial charge in [-0.05, 0) is 18.6 Å². The van der Waals surface area contributed by atoms with E-state index in [1.54, 1.807) is 0 Å². The first-order valence-corrected chi connectivity index (χ1v) is 7.85. The molecule has 1 atom stereocenters. The fraction of sp³-hybridized carbons (Fsp3) is 0.333. The standard InChI is InChI=1S/C12H12N2O5S/c15-9-3-1-2-8-10(12(16)17)13-11(14(8)9)7-4-5-20(18,19)6-7/h1-3,7,15H,4-6H2,(H,16,17). The number of rotatable bonds is 2.